The molecular formula is C20H18O2. The molecule has 0 amide bonds. The van der Waals surface area contributed by atoms with Gasteiger partial charge in [0.05, 0.1) is 5.92 Å². The predicted octanol–water partition coefficient (Wildman–Crippen LogP) is 4.56. The van der Waals surface area contributed by atoms with Gasteiger partial charge in [0.25, 0.3) is 0 Å². The molecule has 0 aliphatic carbocycles. The van der Waals surface area contributed by atoms with Crippen molar-refractivity contribution in [3.63, 3.8) is 0 Å². The van der Waals surface area contributed by atoms with E-state index in [4.69, 9.17) is 0 Å². The number of aliphatic carboxylic acids is 1. The van der Waals surface area contributed by atoms with Crippen molar-refractivity contribution < 1.29 is 9.90 Å². The maximum atomic E-state index is 11.7. The van der Waals surface area contributed by atoms with E-state index in [9.17, 15) is 9.90 Å². The zero-order valence-corrected chi connectivity index (χ0v) is 12.5. The number of carboxylic acid groups (broad SMARTS) is 1. The molecule has 1 N–H and O–H groups in total. The number of fused-ring (bicyclic) bond motifs is 1. The van der Waals surface area contributed by atoms with Crippen LogP contribution in [0.1, 0.15) is 22.6 Å². The molecule has 3 aromatic rings. The molecule has 0 aliphatic rings. The van der Waals surface area contributed by atoms with E-state index in [0.29, 0.717) is 6.42 Å². The van der Waals surface area contributed by atoms with Crippen LogP contribution in [0.5, 0.6) is 0 Å². The largest absolute Gasteiger partial charge is 0.481 e. The van der Waals surface area contributed by atoms with Crippen molar-refractivity contribution in [2.45, 2.75) is 19.3 Å². The van der Waals surface area contributed by atoms with Crippen LogP contribution in [0.4, 0.5) is 0 Å². The summed E-state index contributed by atoms with van der Waals surface area (Å²) in [6.45, 7) is 2.08. The average molecular weight is 290 g/mol. The van der Waals surface area contributed by atoms with Gasteiger partial charge in [0.15, 0.2) is 0 Å². The Morgan fingerprint density at radius 3 is 2.23 bits per heavy atom. The molecule has 0 saturated heterocycles. The summed E-state index contributed by atoms with van der Waals surface area (Å²) in [5, 5.41) is 11.9. The van der Waals surface area contributed by atoms with Crippen molar-refractivity contribution in [1.29, 1.82) is 0 Å². The quantitative estimate of drug-likeness (QED) is 0.765. The third-order valence-electron chi connectivity index (χ3n) is 4.16. The molecular weight excluding hydrogens is 272 g/mol. The van der Waals surface area contributed by atoms with Gasteiger partial charge in [-0.1, -0.05) is 66.7 Å². The van der Waals surface area contributed by atoms with Crippen molar-refractivity contribution in [3.8, 4) is 0 Å². The second-order valence-electron chi connectivity index (χ2n) is 5.59. The number of benzene rings is 3. The summed E-state index contributed by atoms with van der Waals surface area (Å²) in [5.74, 6) is -1.30. The molecule has 3 aromatic carbocycles. The molecule has 2 heteroatoms. The molecule has 0 bridgehead atoms. The number of hydrogen-bond donors (Lipinski definition) is 1. The summed E-state index contributed by atoms with van der Waals surface area (Å²) in [5.41, 5.74) is 3.14. The fourth-order valence-corrected chi connectivity index (χ4v) is 2.94. The fourth-order valence-electron chi connectivity index (χ4n) is 2.94. The third kappa shape index (κ3) is 2.73. The van der Waals surface area contributed by atoms with Crippen molar-refractivity contribution in [1.82, 2.24) is 0 Å². The minimum Gasteiger partial charge on any atom is -0.481 e. The van der Waals surface area contributed by atoms with E-state index in [2.05, 4.69) is 31.2 Å². The minimum atomic E-state index is -0.782. The Bertz CT molecular complexity index is 806. The van der Waals surface area contributed by atoms with Gasteiger partial charge < -0.3 is 5.11 Å². The van der Waals surface area contributed by atoms with E-state index in [1.54, 1.807) is 0 Å². The van der Waals surface area contributed by atoms with E-state index in [0.717, 1.165) is 16.5 Å². The topological polar surface area (TPSA) is 37.3 Å². The molecule has 0 aromatic heterocycles. The van der Waals surface area contributed by atoms with Gasteiger partial charge in [-0.05, 0) is 40.8 Å². The first-order chi connectivity index (χ1) is 10.7. The Kier molecular flexibility index (Phi) is 3.92. The second kappa shape index (κ2) is 6.02. The van der Waals surface area contributed by atoms with Crippen LogP contribution in [-0.4, -0.2) is 11.1 Å². The zero-order valence-electron chi connectivity index (χ0n) is 12.5. The highest BCUT2D eigenvalue weighted by Gasteiger charge is 2.21. The van der Waals surface area contributed by atoms with E-state index < -0.39 is 11.9 Å². The molecule has 0 heterocycles. The third-order valence-corrected chi connectivity index (χ3v) is 4.16. The van der Waals surface area contributed by atoms with Crippen LogP contribution in [0.15, 0.2) is 66.7 Å². The van der Waals surface area contributed by atoms with Crippen LogP contribution >= 0.6 is 0 Å². The standard InChI is InChI=1S/C20H18O2/c1-14-11-12-16(18-10-6-5-9-17(14)18)13-19(20(21)22)15-7-3-2-4-8-15/h2-12,19H,13H2,1H3,(H,21,22). The smallest absolute Gasteiger partial charge is 0.311 e. The van der Waals surface area contributed by atoms with Gasteiger partial charge in [0.1, 0.15) is 0 Å². The van der Waals surface area contributed by atoms with Crippen LogP contribution in [0.2, 0.25) is 0 Å². The Balaban J connectivity index is 2.04. The monoisotopic (exact) mass is 290 g/mol. The van der Waals surface area contributed by atoms with Gasteiger partial charge in [0, 0.05) is 0 Å². The van der Waals surface area contributed by atoms with Crippen molar-refractivity contribution in [2.75, 3.05) is 0 Å². The van der Waals surface area contributed by atoms with Crippen molar-refractivity contribution in [3.05, 3.63) is 83.4 Å². The lowest BCUT2D eigenvalue weighted by atomic mass is 9.89. The summed E-state index contributed by atoms with van der Waals surface area (Å²) in [7, 11) is 0. The van der Waals surface area contributed by atoms with Crippen LogP contribution in [-0.2, 0) is 11.2 Å². The molecule has 110 valence electrons. The summed E-state index contributed by atoms with van der Waals surface area (Å²) >= 11 is 0. The predicted molar refractivity (Wildman–Crippen MR) is 89.2 cm³/mol. The molecule has 1 atom stereocenters. The maximum Gasteiger partial charge on any atom is 0.311 e. The van der Waals surface area contributed by atoms with Gasteiger partial charge in [0.2, 0.25) is 0 Å². The molecule has 0 aliphatic heterocycles. The highest BCUT2D eigenvalue weighted by Crippen LogP contribution is 2.28. The van der Waals surface area contributed by atoms with E-state index >= 15 is 0 Å². The first kappa shape index (κ1) is 14.3. The minimum absolute atomic E-state index is 0.500. The van der Waals surface area contributed by atoms with Crippen LogP contribution in [0.25, 0.3) is 10.8 Å². The Morgan fingerprint density at radius 2 is 1.55 bits per heavy atom. The summed E-state index contributed by atoms with van der Waals surface area (Å²) < 4.78 is 0. The normalized spacial score (nSPS) is 12.2. The van der Waals surface area contributed by atoms with Gasteiger partial charge in [-0.2, -0.15) is 0 Å². The number of aryl methyl sites for hydroxylation is 1. The maximum absolute atomic E-state index is 11.7. The number of hydrogen-bond acceptors (Lipinski definition) is 1. The Morgan fingerprint density at radius 1 is 0.909 bits per heavy atom. The lowest BCUT2D eigenvalue weighted by molar-refractivity contribution is -0.138. The molecule has 3 rings (SSSR count). The van der Waals surface area contributed by atoms with Gasteiger partial charge in [-0.25, -0.2) is 0 Å². The van der Waals surface area contributed by atoms with Crippen LogP contribution in [0, 0.1) is 6.92 Å². The van der Waals surface area contributed by atoms with Crippen LogP contribution in [0.3, 0.4) is 0 Å². The SMILES string of the molecule is Cc1ccc(CC(C(=O)O)c2ccccc2)c2ccccc12. The van der Waals surface area contributed by atoms with E-state index in [-0.39, 0.29) is 0 Å². The highest BCUT2D eigenvalue weighted by atomic mass is 16.4. The molecule has 1 unspecified atom stereocenters. The Labute approximate surface area is 130 Å². The molecule has 22 heavy (non-hydrogen) atoms. The molecule has 2 nitrogen and oxygen atoms in total. The van der Waals surface area contributed by atoms with Gasteiger partial charge in [-0.15, -0.1) is 0 Å². The summed E-state index contributed by atoms with van der Waals surface area (Å²) in [6, 6.07) is 21.8. The van der Waals surface area contributed by atoms with Gasteiger partial charge in [-0.3, -0.25) is 4.79 Å². The van der Waals surface area contributed by atoms with Crippen molar-refractivity contribution in [2.24, 2.45) is 0 Å². The average Bonchev–Trinajstić information content (AvgIpc) is 2.55. The number of carbonyl (C=O) groups is 1. The molecule has 0 spiro atoms. The second-order valence-corrected chi connectivity index (χ2v) is 5.59. The summed E-state index contributed by atoms with van der Waals surface area (Å²) in [4.78, 5) is 11.7. The fraction of sp³-hybridized carbons (Fsp3) is 0.150. The molecule has 0 radical (unpaired) electrons. The van der Waals surface area contributed by atoms with E-state index in [1.165, 1.54) is 10.9 Å². The van der Waals surface area contributed by atoms with Gasteiger partial charge >= 0.3 is 5.97 Å². The van der Waals surface area contributed by atoms with Crippen LogP contribution < -0.4 is 0 Å². The first-order valence-electron chi connectivity index (χ1n) is 7.42. The highest BCUT2D eigenvalue weighted by molar-refractivity contribution is 5.89. The van der Waals surface area contributed by atoms with Crippen molar-refractivity contribution >= 4 is 16.7 Å². The number of carboxylic acids is 1. The van der Waals surface area contributed by atoms with E-state index in [1.807, 2.05) is 42.5 Å². The Hall–Kier alpha value is -2.61. The summed E-state index contributed by atoms with van der Waals surface area (Å²) in [6.07, 6.45) is 0.500. The molecule has 0 saturated carbocycles. The zero-order chi connectivity index (χ0) is 15.5. The number of rotatable bonds is 4. The molecule has 0 fully saturated rings. The lowest BCUT2D eigenvalue weighted by Crippen LogP contribution is -2.14. The first-order valence-corrected chi connectivity index (χ1v) is 7.42. The lowest BCUT2D eigenvalue weighted by Gasteiger charge is -2.15.